The molecule has 0 atom stereocenters. The van der Waals surface area contributed by atoms with Crippen LogP contribution in [0, 0.1) is 12.2 Å². The lowest BCUT2D eigenvalue weighted by molar-refractivity contribution is 0.180. The molecular weight excluding hydrogens is 118 g/mol. The standard InChI is InChI=1S/C6H11NO2/c1-7(2)3-5-9-6-4-8/h8H,4,6H2,1-2H3. The topological polar surface area (TPSA) is 32.7 Å². The Balaban J connectivity index is 3.16. The molecule has 9 heavy (non-hydrogen) atoms. The molecule has 0 bridgehead atoms. The van der Waals surface area contributed by atoms with Crippen LogP contribution in [0.25, 0.3) is 0 Å². The van der Waals surface area contributed by atoms with Crippen molar-refractivity contribution >= 4 is 0 Å². The van der Waals surface area contributed by atoms with E-state index in [4.69, 9.17) is 5.11 Å². The van der Waals surface area contributed by atoms with E-state index in [1.165, 1.54) is 0 Å². The molecule has 0 aliphatic heterocycles. The van der Waals surface area contributed by atoms with Crippen LogP contribution in [0.15, 0.2) is 0 Å². The second-order valence-electron chi connectivity index (χ2n) is 1.68. The maximum Gasteiger partial charge on any atom is 0.133 e. The highest BCUT2D eigenvalue weighted by Crippen LogP contribution is 1.69. The fourth-order valence-corrected chi connectivity index (χ4v) is 0.220. The van der Waals surface area contributed by atoms with Crippen LogP contribution in [0.5, 0.6) is 0 Å². The van der Waals surface area contributed by atoms with Crippen LogP contribution in [0.3, 0.4) is 0 Å². The van der Waals surface area contributed by atoms with Crippen LogP contribution >= 0.6 is 0 Å². The van der Waals surface area contributed by atoms with E-state index in [2.05, 4.69) is 16.9 Å². The fourth-order valence-electron chi connectivity index (χ4n) is 0.220. The maximum atomic E-state index is 8.23. The molecule has 0 spiro atoms. The van der Waals surface area contributed by atoms with Crippen molar-refractivity contribution in [3.63, 3.8) is 0 Å². The zero-order valence-corrected chi connectivity index (χ0v) is 5.72. The van der Waals surface area contributed by atoms with Crippen molar-refractivity contribution in [3.8, 4) is 12.2 Å². The van der Waals surface area contributed by atoms with Crippen LogP contribution in [0.1, 0.15) is 0 Å². The zero-order valence-electron chi connectivity index (χ0n) is 5.72. The number of aliphatic hydroxyl groups is 1. The molecule has 52 valence electrons. The monoisotopic (exact) mass is 129 g/mol. The average molecular weight is 129 g/mol. The smallest absolute Gasteiger partial charge is 0.133 e. The third-order valence-electron chi connectivity index (χ3n) is 0.535. The first-order valence-electron chi connectivity index (χ1n) is 2.68. The van der Waals surface area contributed by atoms with E-state index in [1.54, 1.807) is 4.90 Å². The molecule has 0 saturated heterocycles. The van der Waals surface area contributed by atoms with E-state index in [9.17, 15) is 0 Å². The number of rotatable bonds is 2. The first kappa shape index (κ1) is 8.12. The van der Waals surface area contributed by atoms with Crippen LogP contribution in [-0.2, 0) is 4.74 Å². The highest BCUT2D eigenvalue weighted by Gasteiger charge is 1.75. The van der Waals surface area contributed by atoms with Gasteiger partial charge in [-0.3, -0.25) is 0 Å². The van der Waals surface area contributed by atoms with Gasteiger partial charge in [-0.25, -0.2) is 0 Å². The van der Waals surface area contributed by atoms with Crippen molar-refractivity contribution in [1.29, 1.82) is 0 Å². The molecular formula is C6H11NO2. The lowest BCUT2D eigenvalue weighted by Crippen LogP contribution is -2.02. The average Bonchev–Trinajstić information content (AvgIpc) is 1.80. The lowest BCUT2D eigenvalue weighted by atomic mass is 10.8. The number of aliphatic hydroxyl groups excluding tert-OH is 1. The van der Waals surface area contributed by atoms with E-state index >= 15 is 0 Å². The zero-order chi connectivity index (χ0) is 7.11. The van der Waals surface area contributed by atoms with Gasteiger partial charge in [-0.1, -0.05) is 0 Å². The van der Waals surface area contributed by atoms with Gasteiger partial charge in [-0.05, 0) is 0 Å². The molecule has 0 heterocycles. The Morgan fingerprint density at radius 2 is 2.22 bits per heavy atom. The maximum absolute atomic E-state index is 8.23. The van der Waals surface area contributed by atoms with Gasteiger partial charge in [-0.2, -0.15) is 0 Å². The third kappa shape index (κ3) is 7.12. The van der Waals surface area contributed by atoms with Crippen molar-refractivity contribution in [2.75, 3.05) is 27.3 Å². The summed E-state index contributed by atoms with van der Waals surface area (Å²) < 4.78 is 4.64. The molecule has 1 N–H and O–H groups in total. The number of nitrogens with zero attached hydrogens (tertiary/aromatic N) is 1. The van der Waals surface area contributed by atoms with Crippen LogP contribution in [-0.4, -0.2) is 37.3 Å². The molecule has 0 aromatic rings. The van der Waals surface area contributed by atoms with Crippen molar-refractivity contribution in [2.45, 2.75) is 0 Å². The molecule has 3 nitrogen and oxygen atoms in total. The summed E-state index contributed by atoms with van der Waals surface area (Å²) in [5, 5.41) is 8.23. The Bertz CT molecular complexity index is 112. The molecule has 0 aliphatic carbocycles. The molecule has 0 amide bonds. The Morgan fingerprint density at radius 1 is 1.56 bits per heavy atom. The van der Waals surface area contributed by atoms with Gasteiger partial charge in [0.25, 0.3) is 0 Å². The summed E-state index contributed by atoms with van der Waals surface area (Å²) in [6.07, 6.45) is 2.40. The summed E-state index contributed by atoms with van der Waals surface area (Å²) in [5.74, 6) is 0. The molecule has 0 radical (unpaired) electrons. The molecule has 0 aromatic heterocycles. The summed E-state index contributed by atoms with van der Waals surface area (Å²) >= 11 is 0. The number of ether oxygens (including phenoxy) is 1. The molecule has 0 rings (SSSR count). The fraction of sp³-hybridized carbons (Fsp3) is 0.667. The Morgan fingerprint density at radius 3 is 2.67 bits per heavy atom. The van der Waals surface area contributed by atoms with E-state index in [-0.39, 0.29) is 13.2 Å². The van der Waals surface area contributed by atoms with Gasteiger partial charge in [0.1, 0.15) is 12.7 Å². The van der Waals surface area contributed by atoms with Gasteiger partial charge in [-0.15, -0.1) is 0 Å². The first-order valence-corrected chi connectivity index (χ1v) is 2.68. The van der Waals surface area contributed by atoms with Gasteiger partial charge >= 0.3 is 0 Å². The second-order valence-corrected chi connectivity index (χ2v) is 1.68. The van der Waals surface area contributed by atoms with E-state index in [0.717, 1.165) is 0 Å². The normalized spacial score (nSPS) is 7.44. The summed E-state index contributed by atoms with van der Waals surface area (Å²) in [5.41, 5.74) is 0. The third-order valence-corrected chi connectivity index (χ3v) is 0.535. The minimum absolute atomic E-state index is 0.0160. The quantitative estimate of drug-likeness (QED) is 0.309. The van der Waals surface area contributed by atoms with Crippen molar-refractivity contribution in [1.82, 2.24) is 4.90 Å². The summed E-state index contributed by atoms with van der Waals surface area (Å²) in [4.78, 5) is 1.68. The van der Waals surface area contributed by atoms with E-state index < -0.39 is 0 Å². The molecule has 0 aromatic carbocycles. The highest BCUT2D eigenvalue weighted by molar-refractivity contribution is 4.87. The van der Waals surface area contributed by atoms with Gasteiger partial charge in [0.15, 0.2) is 0 Å². The molecule has 0 aliphatic rings. The molecule has 0 unspecified atom stereocenters. The van der Waals surface area contributed by atoms with Gasteiger partial charge < -0.3 is 14.7 Å². The lowest BCUT2D eigenvalue weighted by Gasteiger charge is -1.96. The second kappa shape index (κ2) is 5.26. The minimum Gasteiger partial charge on any atom is -0.443 e. The van der Waals surface area contributed by atoms with Gasteiger partial charge in [0, 0.05) is 14.1 Å². The van der Waals surface area contributed by atoms with E-state index in [0.29, 0.717) is 0 Å². The largest absolute Gasteiger partial charge is 0.443 e. The predicted octanol–water partition coefficient (Wildman–Crippen LogP) is -0.525. The van der Waals surface area contributed by atoms with Crippen LogP contribution in [0.4, 0.5) is 0 Å². The van der Waals surface area contributed by atoms with Crippen molar-refractivity contribution in [2.24, 2.45) is 0 Å². The molecule has 3 heteroatoms. The Hall–Kier alpha value is -0.880. The summed E-state index contributed by atoms with van der Waals surface area (Å²) in [6.45, 7) is 0.295. The predicted molar refractivity (Wildman–Crippen MR) is 34.5 cm³/mol. The number of hydrogen-bond acceptors (Lipinski definition) is 3. The Kier molecular flexibility index (Phi) is 4.75. The van der Waals surface area contributed by atoms with Crippen molar-refractivity contribution in [3.05, 3.63) is 0 Å². The van der Waals surface area contributed by atoms with Crippen molar-refractivity contribution < 1.29 is 9.84 Å². The minimum atomic E-state index is 0.0160. The highest BCUT2D eigenvalue weighted by atomic mass is 16.5. The summed E-state index contributed by atoms with van der Waals surface area (Å²) in [6, 6.07) is 2.63. The summed E-state index contributed by atoms with van der Waals surface area (Å²) in [7, 11) is 3.63. The van der Waals surface area contributed by atoms with Gasteiger partial charge in [0.05, 0.1) is 12.7 Å². The van der Waals surface area contributed by atoms with Crippen LogP contribution in [0.2, 0.25) is 0 Å². The number of hydrogen-bond donors (Lipinski definition) is 1. The molecule has 0 saturated carbocycles. The van der Waals surface area contributed by atoms with Crippen LogP contribution < -0.4 is 0 Å². The Labute approximate surface area is 55.2 Å². The van der Waals surface area contributed by atoms with Gasteiger partial charge in [0.2, 0.25) is 0 Å². The van der Waals surface area contributed by atoms with E-state index in [1.807, 2.05) is 14.1 Å². The first-order chi connectivity index (χ1) is 4.27. The SMILES string of the molecule is CN(C)C#COCCO. The molecule has 0 fully saturated rings.